The molecule has 0 N–H and O–H groups in total. The van der Waals surface area contributed by atoms with Crippen molar-refractivity contribution in [3.63, 3.8) is 0 Å². The summed E-state index contributed by atoms with van der Waals surface area (Å²) in [4.78, 5) is 4.09. The normalized spacial score (nSPS) is 13.2. The number of nitrogens with zero attached hydrogens (tertiary/aromatic N) is 2. The Hall–Kier alpha value is -1.45. The Morgan fingerprint density at radius 2 is 2.00 bits per heavy atom. The van der Waals surface area contributed by atoms with E-state index in [1.165, 1.54) is 6.07 Å². The van der Waals surface area contributed by atoms with E-state index in [4.69, 9.17) is 0 Å². The van der Waals surface area contributed by atoms with Crippen molar-refractivity contribution in [3.05, 3.63) is 30.1 Å². The molecule has 0 amide bonds. The van der Waals surface area contributed by atoms with Crippen LogP contribution in [0.1, 0.15) is 26.7 Å². The molecule has 1 heterocycles. The van der Waals surface area contributed by atoms with E-state index >= 15 is 0 Å². The standard InChI is InChI=1S/C13H16F2N2/c1-3-4-9(2)7-17-8-16-12-5-10(14)11(15)6-13(12)17/h5-6,8-9H,3-4,7H2,1-2H3. The molecule has 0 bridgehead atoms. The first kappa shape index (κ1) is 12.0. The first-order valence-corrected chi connectivity index (χ1v) is 5.91. The first-order valence-electron chi connectivity index (χ1n) is 5.91. The van der Waals surface area contributed by atoms with Gasteiger partial charge in [0.1, 0.15) is 0 Å². The number of imidazole rings is 1. The summed E-state index contributed by atoms with van der Waals surface area (Å²) in [7, 11) is 0. The first-order chi connectivity index (χ1) is 8.11. The van der Waals surface area contributed by atoms with Crippen LogP contribution >= 0.6 is 0 Å². The predicted octanol–water partition coefficient (Wildman–Crippen LogP) is 3.75. The zero-order chi connectivity index (χ0) is 12.4. The maximum absolute atomic E-state index is 13.2. The minimum atomic E-state index is -0.843. The molecule has 0 aliphatic heterocycles. The summed E-state index contributed by atoms with van der Waals surface area (Å²) in [5, 5.41) is 0. The van der Waals surface area contributed by atoms with Crippen molar-refractivity contribution in [2.45, 2.75) is 33.2 Å². The van der Waals surface area contributed by atoms with Crippen LogP contribution in [0, 0.1) is 17.6 Å². The van der Waals surface area contributed by atoms with Crippen LogP contribution in [-0.4, -0.2) is 9.55 Å². The van der Waals surface area contributed by atoms with Crippen LogP contribution in [0.5, 0.6) is 0 Å². The van der Waals surface area contributed by atoms with Crippen molar-refractivity contribution in [3.8, 4) is 0 Å². The third-order valence-corrected chi connectivity index (χ3v) is 2.95. The fourth-order valence-electron chi connectivity index (χ4n) is 2.12. The highest BCUT2D eigenvalue weighted by Gasteiger charge is 2.10. The van der Waals surface area contributed by atoms with Gasteiger partial charge in [0.05, 0.1) is 17.4 Å². The lowest BCUT2D eigenvalue weighted by atomic mass is 10.1. The summed E-state index contributed by atoms with van der Waals surface area (Å²) in [6, 6.07) is 2.36. The molecule has 0 fully saturated rings. The molecular formula is C13H16F2N2. The summed E-state index contributed by atoms with van der Waals surface area (Å²) >= 11 is 0. The predicted molar refractivity (Wildman–Crippen MR) is 63.7 cm³/mol. The van der Waals surface area contributed by atoms with Crippen LogP contribution in [0.2, 0.25) is 0 Å². The van der Waals surface area contributed by atoms with Gasteiger partial charge in [-0.3, -0.25) is 0 Å². The lowest BCUT2D eigenvalue weighted by molar-refractivity contribution is 0.451. The number of aromatic nitrogens is 2. The molecular weight excluding hydrogens is 222 g/mol. The Kier molecular flexibility index (Phi) is 3.41. The molecule has 0 saturated heterocycles. The Labute approximate surface area is 99.3 Å². The lowest BCUT2D eigenvalue weighted by Crippen LogP contribution is -2.06. The number of benzene rings is 1. The van der Waals surface area contributed by atoms with Crippen LogP contribution in [0.25, 0.3) is 11.0 Å². The minimum absolute atomic E-state index is 0.505. The van der Waals surface area contributed by atoms with Crippen LogP contribution in [0.3, 0.4) is 0 Å². The summed E-state index contributed by atoms with van der Waals surface area (Å²) < 4.78 is 28.1. The largest absolute Gasteiger partial charge is 0.330 e. The number of halogens is 2. The molecule has 2 aromatic rings. The van der Waals surface area contributed by atoms with Crippen LogP contribution in [-0.2, 0) is 6.54 Å². The SMILES string of the molecule is CCCC(C)Cn1cnc2cc(F)c(F)cc21. The second-order valence-corrected chi connectivity index (χ2v) is 4.55. The van der Waals surface area contributed by atoms with Gasteiger partial charge in [0.15, 0.2) is 11.6 Å². The van der Waals surface area contributed by atoms with Gasteiger partial charge >= 0.3 is 0 Å². The van der Waals surface area contributed by atoms with Gasteiger partial charge in [0.2, 0.25) is 0 Å². The highest BCUT2D eigenvalue weighted by atomic mass is 19.2. The second kappa shape index (κ2) is 4.82. The van der Waals surface area contributed by atoms with Gasteiger partial charge in [-0.1, -0.05) is 20.3 Å². The lowest BCUT2D eigenvalue weighted by Gasteiger charge is -2.11. The zero-order valence-corrected chi connectivity index (χ0v) is 10.1. The van der Waals surface area contributed by atoms with Gasteiger partial charge in [0, 0.05) is 18.7 Å². The molecule has 1 aromatic heterocycles. The quantitative estimate of drug-likeness (QED) is 0.793. The van der Waals surface area contributed by atoms with Crippen LogP contribution in [0.4, 0.5) is 8.78 Å². The van der Waals surface area contributed by atoms with Crippen molar-refractivity contribution in [2.75, 3.05) is 0 Å². The molecule has 0 spiro atoms. The zero-order valence-electron chi connectivity index (χ0n) is 10.1. The number of rotatable bonds is 4. The van der Waals surface area contributed by atoms with E-state index in [2.05, 4.69) is 18.8 Å². The maximum atomic E-state index is 13.2. The molecule has 0 aliphatic carbocycles. The minimum Gasteiger partial charge on any atom is -0.330 e. The average molecular weight is 238 g/mol. The molecule has 2 rings (SSSR count). The topological polar surface area (TPSA) is 17.8 Å². The van der Waals surface area contributed by atoms with Crippen molar-refractivity contribution in [1.82, 2.24) is 9.55 Å². The van der Waals surface area contributed by atoms with Gasteiger partial charge in [0.25, 0.3) is 0 Å². The summed E-state index contributed by atoms with van der Waals surface area (Å²) in [5.74, 6) is -1.16. The van der Waals surface area contributed by atoms with Crippen LogP contribution in [0.15, 0.2) is 18.5 Å². The number of hydrogen-bond donors (Lipinski definition) is 0. The third-order valence-electron chi connectivity index (χ3n) is 2.95. The fourth-order valence-corrected chi connectivity index (χ4v) is 2.12. The van der Waals surface area contributed by atoms with Crippen molar-refractivity contribution in [2.24, 2.45) is 5.92 Å². The summed E-state index contributed by atoms with van der Waals surface area (Å²) in [6.07, 6.45) is 3.88. The summed E-state index contributed by atoms with van der Waals surface area (Å²) in [5.41, 5.74) is 1.17. The molecule has 1 atom stereocenters. The molecule has 0 radical (unpaired) electrons. The Balaban J connectivity index is 2.32. The molecule has 0 aliphatic rings. The smallest absolute Gasteiger partial charge is 0.161 e. The maximum Gasteiger partial charge on any atom is 0.161 e. The van der Waals surface area contributed by atoms with Crippen molar-refractivity contribution in [1.29, 1.82) is 0 Å². The van der Waals surface area contributed by atoms with Crippen molar-refractivity contribution >= 4 is 11.0 Å². The van der Waals surface area contributed by atoms with E-state index in [0.717, 1.165) is 25.5 Å². The number of fused-ring (bicyclic) bond motifs is 1. The molecule has 2 nitrogen and oxygen atoms in total. The van der Waals surface area contributed by atoms with E-state index in [9.17, 15) is 8.78 Å². The summed E-state index contributed by atoms with van der Waals surface area (Å²) in [6.45, 7) is 5.07. The average Bonchev–Trinajstić information content (AvgIpc) is 2.63. The van der Waals surface area contributed by atoms with E-state index in [1.807, 2.05) is 4.57 Å². The highest BCUT2D eigenvalue weighted by Crippen LogP contribution is 2.19. The molecule has 17 heavy (non-hydrogen) atoms. The van der Waals surface area contributed by atoms with Crippen molar-refractivity contribution < 1.29 is 8.78 Å². The highest BCUT2D eigenvalue weighted by molar-refractivity contribution is 5.75. The van der Waals surface area contributed by atoms with Crippen LogP contribution < -0.4 is 0 Å². The second-order valence-electron chi connectivity index (χ2n) is 4.55. The molecule has 92 valence electrons. The van der Waals surface area contributed by atoms with Gasteiger partial charge in [-0.15, -0.1) is 0 Å². The van der Waals surface area contributed by atoms with E-state index in [-0.39, 0.29) is 0 Å². The molecule has 0 saturated carbocycles. The van der Waals surface area contributed by atoms with E-state index in [0.29, 0.717) is 17.0 Å². The molecule has 1 aromatic carbocycles. The fraction of sp³-hybridized carbons (Fsp3) is 0.462. The Morgan fingerprint density at radius 3 is 2.71 bits per heavy atom. The van der Waals surface area contributed by atoms with Gasteiger partial charge in [-0.05, 0) is 12.3 Å². The molecule has 1 unspecified atom stereocenters. The monoisotopic (exact) mass is 238 g/mol. The van der Waals surface area contributed by atoms with E-state index < -0.39 is 11.6 Å². The molecule has 4 heteroatoms. The van der Waals surface area contributed by atoms with Gasteiger partial charge < -0.3 is 4.57 Å². The van der Waals surface area contributed by atoms with E-state index in [1.54, 1.807) is 6.33 Å². The number of hydrogen-bond acceptors (Lipinski definition) is 1. The van der Waals surface area contributed by atoms with Gasteiger partial charge in [-0.25, -0.2) is 13.8 Å². The Morgan fingerprint density at radius 1 is 1.29 bits per heavy atom. The third kappa shape index (κ3) is 2.46. The Bertz CT molecular complexity index is 519. The van der Waals surface area contributed by atoms with Gasteiger partial charge in [-0.2, -0.15) is 0 Å².